The number of carbonyl (C=O) groups excluding carboxylic acids is 2. The van der Waals surface area contributed by atoms with E-state index in [1.807, 2.05) is 0 Å². The summed E-state index contributed by atoms with van der Waals surface area (Å²) >= 11 is 1.56. The van der Waals surface area contributed by atoms with Gasteiger partial charge in [0.2, 0.25) is 11.8 Å². The third-order valence-corrected chi connectivity index (χ3v) is 4.64. The Morgan fingerprint density at radius 3 is 2.79 bits per heavy atom. The first-order chi connectivity index (χ1) is 11.4. The number of nitrogens with zero attached hydrogens (tertiary/aromatic N) is 1. The highest BCUT2D eigenvalue weighted by molar-refractivity contribution is 7.99. The van der Waals surface area contributed by atoms with E-state index in [4.69, 9.17) is 9.84 Å². The van der Waals surface area contributed by atoms with Crippen LogP contribution in [0.4, 0.5) is 5.69 Å². The summed E-state index contributed by atoms with van der Waals surface area (Å²) in [4.78, 5) is 36.5. The van der Waals surface area contributed by atoms with Gasteiger partial charge >= 0.3 is 5.97 Å². The van der Waals surface area contributed by atoms with Crippen LogP contribution in [0.2, 0.25) is 0 Å². The maximum atomic E-state index is 12.5. The first-order valence-corrected chi connectivity index (χ1v) is 8.71. The Bertz CT molecular complexity index is 649. The zero-order valence-corrected chi connectivity index (χ0v) is 14.4. The first kappa shape index (κ1) is 18.1. The van der Waals surface area contributed by atoms with Crippen LogP contribution in [0.5, 0.6) is 5.75 Å². The number of carboxylic acid groups (broad SMARTS) is 1. The third kappa shape index (κ3) is 4.41. The smallest absolute Gasteiger partial charge is 0.341 e. The fraction of sp³-hybridized carbons (Fsp3) is 0.438. The van der Waals surface area contributed by atoms with E-state index in [-0.39, 0.29) is 11.8 Å². The van der Waals surface area contributed by atoms with Crippen LogP contribution in [0.25, 0.3) is 0 Å². The fourth-order valence-corrected chi connectivity index (χ4v) is 3.52. The lowest BCUT2D eigenvalue weighted by Gasteiger charge is -2.23. The van der Waals surface area contributed by atoms with Gasteiger partial charge in [-0.1, -0.05) is 6.92 Å². The molecular weight excluding hydrogens is 332 g/mol. The number of anilines is 1. The monoisotopic (exact) mass is 352 g/mol. The van der Waals surface area contributed by atoms with E-state index in [0.717, 1.165) is 5.56 Å². The molecule has 0 bridgehead atoms. The standard InChI is InChI=1S/C16H20N2O5S/c1-3-14(19)18-9-24-8-13(18)16(22)17-12-5-4-11(6-10(12)2)23-7-15(20)21/h4-6,13H,3,7-9H2,1-2H3,(H,17,22)(H,20,21). The Balaban J connectivity index is 2.03. The summed E-state index contributed by atoms with van der Waals surface area (Å²) in [5.74, 6) is 0.234. The molecule has 1 unspecified atom stereocenters. The maximum absolute atomic E-state index is 12.5. The van der Waals surface area contributed by atoms with Crippen molar-refractivity contribution in [2.24, 2.45) is 0 Å². The van der Waals surface area contributed by atoms with Crippen LogP contribution < -0.4 is 10.1 Å². The Hall–Kier alpha value is -2.22. The molecule has 1 atom stereocenters. The second kappa shape index (κ2) is 8.05. The van der Waals surface area contributed by atoms with E-state index in [1.54, 1.807) is 48.7 Å². The van der Waals surface area contributed by atoms with Gasteiger partial charge in [-0.15, -0.1) is 11.8 Å². The molecule has 1 saturated heterocycles. The molecule has 2 amide bonds. The van der Waals surface area contributed by atoms with Gasteiger partial charge in [0, 0.05) is 17.9 Å². The average Bonchev–Trinajstić information content (AvgIpc) is 3.04. The van der Waals surface area contributed by atoms with Gasteiger partial charge in [0.1, 0.15) is 11.8 Å². The van der Waals surface area contributed by atoms with Crippen molar-refractivity contribution in [3.63, 3.8) is 0 Å². The lowest BCUT2D eigenvalue weighted by atomic mass is 10.1. The summed E-state index contributed by atoms with van der Waals surface area (Å²) in [5.41, 5.74) is 1.37. The Labute approximate surface area is 144 Å². The Morgan fingerprint density at radius 2 is 2.17 bits per heavy atom. The number of carbonyl (C=O) groups is 3. The predicted octanol–water partition coefficient (Wildman–Crippen LogP) is 1.71. The maximum Gasteiger partial charge on any atom is 0.341 e. The van der Waals surface area contributed by atoms with E-state index in [9.17, 15) is 14.4 Å². The summed E-state index contributed by atoms with van der Waals surface area (Å²) in [7, 11) is 0. The van der Waals surface area contributed by atoms with Crippen LogP contribution in [-0.2, 0) is 14.4 Å². The second-order valence-electron chi connectivity index (χ2n) is 5.38. The number of benzene rings is 1. The molecule has 1 aromatic rings. The molecule has 0 aromatic heterocycles. The molecule has 1 aliphatic rings. The van der Waals surface area contributed by atoms with Crippen LogP contribution >= 0.6 is 11.8 Å². The van der Waals surface area contributed by atoms with Gasteiger partial charge < -0.3 is 20.1 Å². The number of aryl methyl sites for hydroxylation is 1. The number of aliphatic carboxylic acids is 1. The minimum atomic E-state index is -1.05. The van der Waals surface area contributed by atoms with E-state index < -0.39 is 18.6 Å². The molecule has 0 radical (unpaired) electrons. The molecular formula is C16H20N2O5S. The molecule has 2 N–H and O–H groups in total. The van der Waals surface area contributed by atoms with Crippen LogP contribution in [-0.4, -0.2) is 52.1 Å². The molecule has 0 saturated carbocycles. The van der Waals surface area contributed by atoms with Crippen molar-refractivity contribution in [2.45, 2.75) is 26.3 Å². The van der Waals surface area contributed by atoms with Crippen molar-refractivity contribution in [3.8, 4) is 5.75 Å². The van der Waals surface area contributed by atoms with Gasteiger partial charge in [-0.05, 0) is 30.7 Å². The minimum Gasteiger partial charge on any atom is -0.482 e. The SMILES string of the molecule is CCC(=O)N1CSCC1C(=O)Nc1ccc(OCC(=O)O)cc1C. The molecule has 7 nitrogen and oxygen atoms in total. The number of amides is 2. The zero-order valence-electron chi connectivity index (χ0n) is 13.6. The van der Waals surface area contributed by atoms with Crippen molar-refractivity contribution < 1.29 is 24.2 Å². The fourth-order valence-electron chi connectivity index (χ4n) is 2.34. The number of nitrogens with one attached hydrogen (secondary N) is 1. The van der Waals surface area contributed by atoms with Gasteiger partial charge in [-0.3, -0.25) is 9.59 Å². The summed E-state index contributed by atoms with van der Waals surface area (Å²) in [6.07, 6.45) is 0.374. The van der Waals surface area contributed by atoms with Crippen molar-refractivity contribution in [2.75, 3.05) is 23.6 Å². The molecule has 0 spiro atoms. The highest BCUT2D eigenvalue weighted by atomic mass is 32.2. The van der Waals surface area contributed by atoms with Crippen LogP contribution in [0.3, 0.4) is 0 Å². The van der Waals surface area contributed by atoms with Gasteiger partial charge in [0.05, 0.1) is 5.88 Å². The number of rotatable bonds is 6. The molecule has 2 rings (SSSR count). The van der Waals surface area contributed by atoms with Crippen molar-refractivity contribution >= 4 is 35.2 Å². The number of hydrogen-bond acceptors (Lipinski definition) is 5. The number of hydrogen-bond donors (Lipinski definition) is 2. The second-order valence-corrected chi connectivity index (χ2v) is 6.38. The molecule has 8 heteroatoms. The molecule has 0 aliphatic carbocycles. The lowest BCUT2D eigenvalue weighted by molar-refractivity contribution is -0.139. The highest BCUT2D eigenvalue weighted by Gasteiger charge is 2.33. The van der Waals surface area contributed by atoms with Crippen molar-refractivity contribution in [3.05, 3.63) is 23.8 Å². The summed E-state index contributed by atoms with van der Waals surface area (Å²) in [5, 5.41) is 11.4. The molecule has 1 heterocycles. The largest absolute Gasteiger partial charge is 0.482 e. The molecule has 1 aliphatic heterocycles. The summed E-state index contributed by atoms with van der Waals surface area (Å²) in [6.45, 7) is 3.15. The van der Waals surface area contributed by atoms with E-state index >= 15 is 0 Å². The van der Waals surface area contributed by atoms with Crippen molar-refractivity contribution in [1.82, 2.24) is 4.90 Å². The van der Waals surface area contributed by atoms with Gasteiger partial charge in [-0.2, -0.15) is 0 Å². The van der Waals surface area contributed by atoms with E-state index in [1.165, 1.54) is 0 Å². The Kier molecular flexibility index (Phi) is 6.08. The molecule has 130 valence electrons. The van der Waals surface area contributed by atoms with E-state index in [0.29, 0.717) is 29.5 Å². The summed E-state index contributed by atoms with van der Waals surface area (Å²) in [6, 6.07) is 4.46. The topological polar surface area (TPSA) is 95.9 Å². The summed E-state index contributed by atoms with van der Waals surface area (Å²) < 4.78 is 5.10. The number of ether oxygens (including phenoxy) is 1. The lowest BCUT2D eigenvalue weighted by Crippen LogP contribution is -2.44. The van der Waals surface area contributed by atoms with Crippen molar-refractivity contribution in [1.29, 1.82) is 0 Å². The zero-order chi connectivity index (χ0) is 17.7. The highest BCUT2D eigenvalue weighted by Crippen LogP contribution is 2.25. The van der Waals surface area contributed by atoms with E-state index in [2.05, 4.69) is 5.32 Å². The van der Waals surface area contributed by atoms with Crippen LogP contribution in [0.1, 0.15) is 18.9 Å². The minimum absolute atomic E-state index is 0.0331. The molecule has 1 fully saturated rings. The quantitative estimate of drug-likeness (QED) is 0.809. The molecule has 24 heavy (non-hydrogen) atoms. The number of thioether (sulfide) groups is 1. The third-order valence-electron chi connectivity index (χ3n) is 3.63. The normalized spacial score (nSPS) is 16.8. The predicted molar refractivity (Wildman–Crippen MR) is 91.2 cm³/mol. The average molecular weight is 352 g/mol. The first-order valence-electron chi connectivity index (χ1n) is 7.55. The number of carboxylic acids is 1. The van der Waals surface area contributed by atoms with Gasteiger partial charge in [0.25, 0.3) is 0 Å². The van der Waals surface area contributed by atoms with Crippen LogP contribution in [0.15, 0.2) is 18.2 Å². The Morgan fingerprint density at radius 1 is 1.42 bits per heavy atom. The molecule has 1 aromatic carbocycles. The van der Waals surface area contributed by atoms with Gasteiger partial charge in [-0.25, -0.2) is 4.79 Å². The van der Waals surface area contributed by atoms with Gasteiger partial charge in [0.15, 0.2) is 6.61 Å². The van der Waals surface area contributed by atoms with Crippen LogP contribution in [0, 0.1) is 6.92 Å².